The number of ether oxygens (including phenoxy) is 1. The van der Waals surface area contributed by atoms with Gasteiger partial charge >= 0.3 is 0 Å². The third-order valence-corrected chi connectivity index (χ3v) is 4.28. The molecule has 1 atom stereocenters. The standard InChI is InChI=1S/C14H21NO2S/c1-11(2)15-6-7-17-13(9-15)10-18-14-5-3-4-12(16)8-14/h3-5,8,11,13,16H,6-7,9-10H2,1-2H3. The van der Waals surface area contributed by atoms with E-state index in [1.54, 1.807) is 23.9 Å². The fourth-order valence-electron chi connectivity index (χ4n) is 2.07. The van der Waals surface area contributed by atoms with Crippen LogP contribution in [0.1, 0.15) is 13.8 Å². The lowest BCUT2D eigenvalue weighted by Crippen LogP contribution is -2.46. The van der Waals surface area contributed by atoms with Crippen LogP contribution in [0.3, 0.4) is 0 Å². The normalized spacial score (nSPS) is 21.4. The van der Waals surface area contributed by atoms with Crippen LogP contribution in [-0.2, 0) is 4.74 Å². The average molecular weight is 267 g/mol. The number of hydrogen-bond acceptors (Lipinski definition) is 4. The lowest BCUT2D eigenvalue weighted by molar-refractivity contribution is -0.0265. The Balaban J connectivity index is 1.83. The van der Waals surface area contributed by atoms with E-state index in [2.05, 4.69) is 18.7 Å². The number of phenols is 1. The van der Waals surface area contributed by atoms with Gasteiger partial charge in [0, 0.05) is 29.8 Å². The van der Waals surface area contributed by atoms with Crippen molar-refractivity contribution >= 4 is 11.8 Å². The van der Waals surface area contributed by atoms with Gasteiger partial charge < -0.3 is 9.84 Å². The Kier molecular flexibility index (Phi) is 4.92. The predicted octanol–water partition coefficient (Wildman–Crippen LogP) is 2.59. The van der Waals surface area contributed by atoms with Gasteiger partial charge in [-0.2, -0.15) is 0 Å². The Labute approximate surface area is 113 Å². The summed E-state index contributed by atoms with van der Waals surface area (Å²) in [6.45, 7) is 7.31. The molecule has 3 nitrogen and oxygen atoms in total. The third-order valence-electron chi connectivity index (χ3n) is 3.15. The summed E-state index contributed by atoms with van der Waals surface area (Å²) in [5.41, 5.74) is 0. The first kappa shape index (κ1) is 13.7. The highest BCUT2D eigenvalue weighted by molar-refractivity contribution is 7.99. The number of benzene rings is 1. The topological polar surface area (TPSA) is 32.7 Å². The molecule has 1 aromatic rings. The summed E-state index contributed by atoms with van der Waals surface area (Å²) in [6, 6.07) is 7.98. The van der Waals surface area contributed by atoms with Gasteiger partial charge in [-0.25, -0.2) is 0 Å². The predicted molar refractivity (Wildman–Crippen MR) is 75.3 cm³/mol. The Bertz CT molecular complexity index is 384. The molecule has 1 aromatic carbocycles. The Morgan fingerprint density at radius 1 is 1.50 bits per heavy atom. The number of phenolic OH excluding ortho intramolecular Hbond substituents is 1. The second-order valence-electron chi connectivity index (χ2n) is 4.89. The maximum atomic E-state index is 9.41. The van der Waals surface area contributed by atoms with E-state index >= 15 is 0 Å². The highest BCUT2D eigenvalue weighted by Crippen LogP contribution is 2.24. The van der Waals surface area contributed by atoms with Crippen molar-refractivity contribution in [2.45, 2.75) is 30.9 Å². The van der Waals surface area contributed by atoms with Crippen LogP contribution in [-0.4, -0.2) is 47.6 Å². The summed E-state index contributed by atoms with van der Waals surface area (Å²) >= 11 is 1.74. The summed E-state index contributed by atoms with van der Waals surface area (Å²) < 4.78 is 5.79. The maximum Gasteiger partial charge on any atom is 0.116 e. The number of thioether (sulfide) groups is 1. The van der Waals surface area contributed by atoms with E-state index in [9.17, 15) is 5.11 Å². The number of nitrogens with zero attached hydrogens (tertiary/aromatic N) is 1. The lowest BCUT2D eigenvalue weighted by atomic mass is 10.2. The summed E-state index contributed by atoms with van der Waals surface area (Å²) in [5, 5.41) is 9.41. The molecule has 0 radical (unpaired) electrons. The van der Waals surface area contributed by atoms with E-state index in [0.717, 1.165) is 30.3 Å². The van der Waals surface area contributed by atoms with Crippen molar-refractivity contribution in [1.82, 2.24) is 4.90 Å². The second kappa shape index (κ2) is 6.45. The minimum absolute atomic E-state index is 0.286. The fraction of sp³-hybridized carbons (Fsp3) is 0.571. The molecular formula is C14H21NO2S. The quantitative estimate of drug-likeness (QED) is 0.850. The molecule has 1 aliphatic rings. The van der Waals surface area contributed by atoms with Crippen molar-refractivity contribution < 1.29 is 9.84 Å². The van der Waals surface area contributed by atoms with Crippen LogP contribution in [0.15, 0.2) is 29.2 Å². The van der Waals surface area contributed by atoms with Gasteiger partial charge in [0.1, 0.15) is 5.75 Å². The minimum atomic E-state index is 0.286. The zero-order valence-corrected chi connectivity index (χ0v) is 11.8. The summed E-state index contributed by atoms with van der Waals surface area (Å²) in [5.74, 6) is 1.26. The molecule has 18 heavy (non-hydrogen) atoms. The first-order chi connectivity index (χ1) is 8.65. The second-order valence-corrected chi connectivity index (χ2v) is 5.98. The molecule has 0 saturated carbocycles. The molecule has 0 aromatic heterocycles. The average Bonchev–Trinajstić information content (AvgIpc) is 2.37. The maximum absolute atomic E-state index is 9.41. The number of hydrogen-bond donors (Lipinski definition) is 1. The number of aromatic hydroxyl groups is 1. The van der Waals surface area contributed by atoms with Gasteiger partial charge in [0.25, 0.3) is 0 Å². The van der Waals surface area contributed by atoms with Crippen LogP contribution < -0.4 is 0 Å². The molecular weight excluding hydrogens is 246 g/mol. The molecule has 1 unspecified atom stereocenters. The molecule has 1 N–H and O–H groups in total. The molecule has 1 saturated heterocycles. The number of morpholine rings is 1. The van der Waals surface area contributed by atoms with Crippen molar-refractivity contribution in [2.24, 2.45) is 0 Å². The van der Waals surface area contributed by atoms with E-state index in [4.69, 9.17) is 4.74 Å². The van der Waals surface area contributed by atoms with Crippen LogP contribution in [0, 0.1) is 0 Å². The first-order valence-electron chi connectivity index (χ1n) is 6.42. The SMILES string of the molecule is CC(C)N1CCOC(CSc2cccc(O)c2)C1. The van der Waals surface area contributed by atoms with Gasteiger partial charge in [0.15, 0.2) is 0 Å². The van der Waals surface area contributed by atoms with Crippen LogP contribution in [0.4, 0.5) is 0 Å². The third kappa shape index (κ3) is 3.90. The lowest BCUT2D eigenvalue weighted by Gasteiger charge is -2.35. The van der Waals surface area contributed by atoms with Crippen molar-refractivity contribution in [3.05, 3.63) is 24.3 Å². The van der Waals surface area contributed by atoms with E-state index < -0.39 is 0 Å². The first-order valence-corrected chi connectivity index (χ1v) is 7.41. The van der Waals surface area contributed by atoms with E-state index in [-0.39, 0.29) is 6.10 Å². The van der Waals surface area contributed by atoms with E-state index in [1.165, 1.54) is 0 Å². The van der Waals surface area contributed by atoms with Crippen LogP contribution in [0.25, 0.3) is 0 Å². The van der Waals surface area contributed by atoms with Crippen LogP contribution in [0.2, 0.25) is 0 Å². The zero-order chi connectivity index (χ0) is 13.0. The van der Waals surface area contributed by atoms with Crippen molar-refractivity contribution in [3.8, 4) is 5.75 Å². The molecule has 1 aliphatic heterocycles. The summed E-state index contributed by atoms with van der Waals surface area (Å²) in [7, 11) is 0. The summed E-state index contributed by atoms with van der Waals surface area (Å²) in [6.07, 6.45) is 0.286. The molecule has 0 spiro atoms. The molecule has 2 rings (SSSR count). The van der Waals surface area contributed by atoms with Gasteiger partial charge in [-0.15, -0.1) is 11.8 Å². The molecule has 1 fully saturated rings. The molecule has 0 aliphatic carbocycles. The highest BCUT2D eigenvalue weighted by atomic mass is 32.2. The highest BCUT2D eigenvalue weighted by Gasteiger charge is 2.22. The van der Waals surface area contributed by atoms with Crippen molar-refractivity contribution in [3.63, 3.8) is 0 Å². The Morgan fingerprint density at radius 3 is 3.06 bits per heavy atom. The van der Waals surface area contributed by atoms with Gasteiger partial charge in [-0.05, 0) is 32.0 Å². The van der Waals surface area contributed by atoms with E-state index in [0.29, 0.717) is 11.8 Å². The van der Waals surface area contributed by atoms with Gasteiger partial charge in [0.05, 0.1) is 12.7 Å². The smallest absolute Gasteiger partial charge is 0.116 e. The van der Waals surface area contributed by atoms with Gasteiger partial charge in [-0.3, -0.25) is 4.90 Å². The summed E-state index contributed by atoms with van der Waals surface area (Å²) in [4.78, 5) is 3.55. The van der Waals surface area contributed by atoms with Crippen LogP contribution in [0.5, 0.6) is 5.75 Å². The molecule has 0 amide bonds. The van der Waals surface area contributed by atoms with Gasteiger partial charge in [-0.1, -0.05) is 6.07 Å². The van der Waals surface area contributed by atoms with Crippen molar-refractivity contribution in [2.75, 3.05) is 25.4 Å². The monoisotopic (exact) mass is 267 g/mol. The molecule has 100 valence electrons. The molecule has 1 heterocycles. The number of rotatable bonds is 4. The minimum Gasteiger partial charge on any atom is -0.508 e. The largest absolute Gasteiger partial charge is 0.508 e. The Hall–Kier alpha value is -0.710. The van der Waals surface area contributed by atoms with Crippen LogP contribution >= 0.6 is 11.8 Å². The van der Waals surface area contributed by atoms with Crippen molar-refractivity contribution in [1.29, 1.82) is 0 Å². The molecule has 4 heteroatoms. The van der Waals surface area contributed by atoms with Gasteiger partial charge in [0.2, 0.25) is 0 Å². The van der Waals surface area contributed by atoms with E-state index in [1.807, 2.05) is 12.1 Å². The Morgan fingerprint density at radius 2 is 2.33 bits per heavy atom. The fourth-order valence-corrected chi connectivity index (χ4v) is 3.03. The zero-order valence-electron chi connectivity index (χ0n) is 11.0. The molecule has 0 bridgehead atoms.